The second-order valence-electron chi connectivity index (χ2n) is 6.74. The Morgan fingerprint density at radius 2 is 1.72 bits per heavy atom. The number of aromatic nitrogens is 1. The molecule has 0 aliphatic carbocycles. The Morgan fingerprint density at radius 3 is 2.31 bits per heavy atom. The molecule has 3 aromatic rings. The van der Waals surface area contributed by atoms with Crippen molar-refractivity contribution in [3.8, 4) is 0 Å². The summed E-state index contributed by atoms with van der Waals surface area (Å²) in [6.45, 7) is 11.6. The number of hydrogen-bond donors (Lipinski definition) is 0. The Kier molecular flexibility index (Phi) is 7.34. The van der Waals surface area contributed by atoms with Crippen LogP contribution >= 0.6 is 11.3 Å². The molecule has 6 nitrogen and oxygen atoms in total. The maximum Gasteiger partial charge on any atom is 0.279 e. The van der Waals surface area contributed by atoms with Gasteiger partial charge >= 0.3 is 0 Å². The van der Waals surface area contributed by atoms with Crippen LogP contribution < -0.4 is 4.80 Å². The molecular formula is C23H22FN3O3S2. The largest absolute Gasteiger partial charge is 0.312 e. The van der Waals surface area contributed by atoms with Gasteiger partial charge in [-0.05, 0) is 42.5 Å². The predicted molar refractivity (Wildman–Crippen MR) is 125 cm³/mol. The maximum absolute atomic E-state index is 13.6. The molecular weight excluding hydrogens is 449 g/mol. The molecule has 0 aliphatic rings. The molecule has 3 rings (SSSR count). The number of carbonyl (C=O) groups is 1. The maximum atomic E-state index is 13.6. The van der Waals surface area contributed by atoms with Crippen LogP contribution in [0.1, 0.15) is 10.4 Å². The summed E-state index contributed by atoms with van der Waals surface area (Å²) < 4.78 is 42.9. The van der Waals surface area contributed by atoms with Crippen molar-refractivity contribution in [2.75, 3.05) is 13.1 Å². The Hall–Kier alpha value is -3.14. The molecule has 1 heterocycles. The highest BCUT2D eigenvalue weighted by atomic mass is 32.2. The van der Waals surface area contributed by atoms with E-state index in [4.69, 9.17) is 0 Å². The van der Waals surface area contributed by atoms with E-state index >= 15 is 0 Å². The first kappa shape index (κ1) is 23.5. The van der Waals surface area contributed by atoms with E-state index in [1.807, 2.05) is 0 Å². The van der Waals surface area contributed by atoms with Gasteiger partial charge in [-0.15, -0.1) is 19.7 Å². The fourth-order valence-corrected chi connectivity index (χ4v) is 5.51. The van der Waals surface area contributed by atoms with E-state index in [0.29, 0.717) is 16.0 Å². The normalized spacial score (nSPS) is 12.2. The van der Waals surface area contributed by atoms with E-state index in [0.717, 1.165) is 5.52 Å². The molecule has 0 aliphatic heterocycles. The zero-order chi connectivity index (χ0) is 23.3. The lowest BCUT2D eigenvalue weighted by Gasteiger charge is -2.19. The first-order valence-electron chi connectivity index (χ1n) is 9.62. The summed E-state index contributed by atoms with van der Waals surface area (Å²) in [5.41, 5.74) is 0.977. The molecule has 0 fully saturated rings. The van der Waals surface area contributed by atoms with Crippen LogP contribution in [0, 0.1) is 5.82 Å². The molecule has 0 saturated heterocycles. The highest BCUT2D eigenvalue weighted by Crippen LogP contribution is 2.20. The van der Waals surface area contributed by atoms with E-state index in [9.17, 15) is 17.6 Å². The van der Waals surface area contributed by atoms with Crippen molar-refractivity contribution in [3.05, 3.63) is 96.6 Å². The molecule has 0 spiro atoms. The number of benzene rings is 2. The summed E-state index contributed by atoms with van der Waals surface area (Å²) >= 11 is 1.19. The highest BCUT2D eigenvalue weighted by molar-refractivity contribution is 7.89. The summed E-state index contributed by atoms with van der Waals surface area (Å²) in [6, 6.07) is 9.95. The van der Waals surface area contributed by atoms with Crippen LogP contribution in [0.5, 0.6) is 0 Å². The Balaban J connectivity index is 1.97. The second kappa shape index (κ2) is 9.99. The standard InChI is InChI=1S/C23H22FN3O3S2/c1-4-13-26(14-5-2)32(29,30)19-10-7-17(8-11-19)22(28)25-23-27(15-6-3)20-12-9-18(24)16-21(20)31-23/h4-12,16H,1-3,13-15H2. The van der Waals surface area contributed by atoms with E-state index in [1.165, 1.54) is 64.2 Å². The van der Waals surface area contributed by atoms with Gasteiger partial charge in [0.05, 0.1) is 15.1 Å². The molecule has 0 saturated carbocycles. The molecule has 2 aromatic carbocycles. The highest BCUT2D eigenvalue weighted by Gasteiger charge is 2.22. The summed E-state index contributed by atoms with van der Waals surface area (Å²) in [5.74, 6) is -0.908. The van der Waals surface area contributed by atoms with Gasteiger partial charge in [0.25, 0.3) is 5.91 Å². The number of hydrogen-bond acceptors (Lipinski definition) is 4. The fourth-order valence-electron chi connectivity index (χ4n) is 3.07. The van der Waals surface area contributed by atoms with E-state index in [-0.39, 0.29) is 29.4 Å². The number of fused-ring (bicyclic) bond motifs is 1. The van der Waals surface area contributed by atoms with E-state index < -0.39 is 15.9 Å². The van der Waals surface area contributed by atoms with Gasteiger partial charge in [0.15, 0.2) is 4.80 Å². The quantitative estimate of drug-likeness (QED) is 0.441. The van der Waals surface area contributed by atoms with Crippen molar-refractivity contribution in [2.45, 2.75) is 11.4 Å². The number of thiazole rings is 1. The zero-order valence-electron chi connectivity index (χ0n) is 17.3. The monoisotopic (exact) mass is 471 g/mol. The molecule has 0 unspecified atom stereocenters. The number of halogens is 1. The van der Waals surface area contributed by atoms with Crippen LogP contribution in [-0.2, 0) is 16.6 Å². The molecule has 0 atom stereocenters. The second-order valence-corrected chi connectivity index (χ2v) is 9.68. The smallest absolute Gasteiger partial charge is 0.279 e. The lowest BCUT2D eigenvalue weighted by molar-refractivity contribution is 0.0997. The molecule has 0 radical (unpaired) electrons. The summed E-state index contributed by atoms with van der Waals surface area (Å²) in [7, 11) is -3.76. The number of amides is 1. The molecule has 166 valence electrons. The van der Waals surface area contributed by atoms with Crippen molar-refractivity contribution < 1.29 is 17.6 Å². The van der Waals surface area contributed by atoms with Gasteiger partial charge in [0.2, 0.25) is 10.0 Å². The molecule has 0 bridgehead atoms. The van der Waals surface area contributed by atoms with Crippen LogP contribution in [0.15, 0.2) is 90.3 Å². The van der Waals surface area contributed by atoms with Crippen LogP contribution in [0.25, 0.3) is 10.2 Å². The fraction of sp³-hybridized carbons (Fsp3) is 0.130. The van der Waals surface area contributed by atoms with Gasteiger partial charge in [-0.1, -0.05) is 29.6 Å². The SMILES string of the molecule is C=CCN(CC=C)S(=O)(=O)c1ccc(C(=O)N=c2sc3cc(F)ccc3n2CC=C)cc1. The third-order valence-corrected chi connectivity index (χ3v) is 7.45. The Morgan fingerprint density at radius 1 is 1.06 bits per heavy atom. The number of carbonyl (C=O) groups excluding carboxylic acids is 1. The third-order valence-electron chi connectivity index (χ3n) is 4.56. The Bertz CT molecular complexity index is 1340. The molecule has 32 heavy (non-hydrogen) atoms. The van der Waals surface area contributed by atoms with Crippen LogP contribution in [-0.4, -0.2) is 36.3 Å². The number of rotatable bonds is 9. The zero-order valence-corrected chi connectivity index (χ0v) is 18.9. The lowest BCUT2D eigenvalue weighted by Crippen LogP contribution is -2.31. The number of allylic oxidation sites excluding steroid dienone is 1. The van der Waals surface area contributed by atoms with Gasteiger partial charge in [-0.25, -0.2) is 12.8 Å². The van der Waals surface area contributed by atoms with Crippen molar-refractivity contribution in [2.24, 2.45) is 4.99 Å². The van der Waals surface area contributed by atoms with Crippen LogP contribution in [0.3, 0.4) is 0 Å². The van der Waals surface area contributed by atoms with E-state index in [2.05, 4.69) is 24.7 Å². The van der Waals surface area contributed by atoms with Gasteiger partial charge in [0, 0.05) is 25.2 Å². The lowest BCUT2D eigenvalue weighted by atomic mass is 10.2. The minimum absolute atomic E-state index is 0.0526. The average Bonchev–Trinajstić information content (AvgIpc) is 3.09. The number of sulfonamides is 1. The van der Waals surface area contributed by atoms with Crippen molar-refractivity contribution >= 4 is 37.5 Å². The van der Waals surface area contributed by atoms with E-state index in [1.54, 1.807) is 16.7 Å². The van der Waals surface area contributed by atoms with Crippen molar-refractivity contribution in [1.82, 2.24) is 8.87 Å². The van der Waals surface area contributed by atoms with Gasteiger partial charge in [0.1, 0.15) is 5.82 Å². The average molecular weight is 472 g/mol. The Labute approximate surface area is 190 Å². The van der Waals surface area contributed by atoms with Crippen molar-refractivity contribution in [3.63, 3.8) is 0 Å². The summed E-state index contributed by atoms with van der Waals surface area (Å²) in [5, 5.41) is 0. The van der Waals surface area contributed by atoms with Gasteiger partial charge in [-0.2, -0.15) is 9.30 Å². The van der Waals surface area contributed by atoms with Gasteiger partial charge in [-0.3, -0.25) is 4.79 Å². The number of nitrogens with zero attached hydrogens (tertiary/aromatic N) is 3. The minimum Gasteiger partial charge on any atom is -0.312 e. The third kappa shape index (κ3) is 4.85. The topological polar surface area (TPSA) is 71.7 Å². The first-order valence-corrected chi connectivity index (χ1v) is 11.9. The first-order chi connectivity index (χ1) is 15.3. The summed E-state index contributed by atoms with van der Waals surface area (Å²) in [6.07, 6.45) is 4.65. The molecule has 9 heteroatoms. The summed E-state index contributed by atoms with van der Waals surface area (Å²) in [4.78, 5) is 17.4. The molecule has 0 N–H and O–H groups in total. The van der Waals surface area contributed by atoms with Crippen molar-refractivity contribution in [1.29, 1.82) is 0 Å². The molecule has 1 amide bonds. The minimum atomic E-state index is -3.76. The molecule has 1 aromatic heterocycles. The van der Waals surface area contributed by atoms with Gasteiger partial charge < -0.3 is 4.57 Å². The predicted octanol–water partition coefficient (Wildman–Crippen LogP) is 4.13. The van der Waals surface area contributed by atoms with Crippen LogP contribution in [0.4, 0.5) is 4.39 Å². The van der Waals surface area contributed by atoms with Crippen LogP contribution in [0.2, 0.25) is 0 Å².